The van der Waals surface area contributed by atoms with E-state index in [-0.39, 0.29) is 0 Å². The minimum atomic E-state index is -3.62. The lowest BCUT2D eigenvalue weighted by molar-refractivity contribution is -0.0573. The van der Waals surface area contributed by atoms with Crippen LogP contribution in [0.15, 0.2) is 18.2 Å². The fraction of sp³-hybridized carbons (Fsp3) is 0.250. The van der Waals surface area contributed by atoms with E-state index < -0.39 is 29.7 Å². The SMILES string of the molecule is OCC(F)(F)c1cc(F)ccc1O. The molecule has 0 fully saturated rings. The van der Waals surface area contributed by atoms with Gasteiger partial charge in [-0.2, -0.15) is 8.78 Å². The van der Waals surface area contributed by atoms with Crippen LogP contribution >= 0.6 is 0 Å². The smallest absolute Gasteiger partial charge is 0.299 e. The summed E-state index contributed by atoms with van der Waals surface area (Å²) in [7, 11) is 0. The van der Waals surface area contributed by atoms with Crippen LogP contribution in [-0.2, 0) is 5.92 Å². The summed E-state index contributed by atoms with van der Waals surface area (Å²) in [6, 6.07) is 2.16. The molecule has 1 aromatic carbocycles. The number of benzene rings is 1. The summed E-state index contributed by atoms with van der Waals surface area (Å²) in [4.78, 5) is 0. The van der Waals surface area contributed by atoms with E-state index >= 15 is 0 Å². The second-order valence-electron chi connectivity index (χ2n) is 2.52. The Bertz CT molecular complexity index is 312. The molecule has 0 atom stereocenters. The van der Waals surface area contributed by atoms with Crippen molar-refractivity contribution in [3.63, 3.8) is 0 Å². The highest BCUT2D eigenvalue weighted by atomic mass is 19.3. The van der Waals surface area contributed by atoms with Gasteiger partial charge in [-0.15, -0.1) is 0 Å². The molecule has 0 unspecified atom stereocenters. The summed E-state index contributed by atoms with van der Waals surface area (Å²) >= 11 is 0. The van der Waals surface area contributed by atoms with E-state index in [1.165, 1.54) is 0 Å². The third-order valence-electron chi connectivity index (χ3n) is 1.55. The number of aliphatic hydroxyl groups is 1. The average Bonchev–Trinajstić information content (AvgIpc) is 2.09. The van der Waals surface area contributed by atoms with Gasteiger partial charge in [0.15, 0.2) is 0 Å². The predicted octanol–water partition coefficient (Wildman–Crippen LogP) is 1.62. The van der Waals surface area contributed by atoms with Gasteiger partial charge < -0.3 is 10.2 Å². The second kappa shape index (κ2) is 3.26. The first-order valence-corrected chi connectivity index (χ1v) is 3.45. The Balaban J connectivity index is 3.20. The zero-order valence-corrected chi connectivity index (χ0v) is 6.47. The Kier molecular flexibility index (Phi) is 2.47. The molecule has 2 N–H and O–H groups in total. The molecule has 0 heterocycles. The van der Waals surface area contributed by atoms with Gasteiger partial charge in [-0.3, -0.25) is 0 Å². The van der Waals surface area contributed by atoms with Gasteiger partial charge in [-0.05, 0) is 18.2 Å². The molecule has 5 heteroatoms. The van der Waals surface area contributed by atoms with Crippen molar-refractivity contribution in [1.29, 1.82) is 0 Å². The van der Waals surface area contributed by atoms with Crippen molar-refractivity contribution < 1.29 is 23.4 Å². The van der Waals surface area contributed by atoms with Crippen molar-refractivity contribution in [2.24, 2.45) is 0 Å². The van der Waals surface area contributed by atoms with E-state index in [2.05, 4.69) is 0 Å². The third kappa shape index (κ3) is 1.92. The number of phenolic OH excluding ortho intramolecular Hbond substituents is 1. The lowest BCUT2D eigenvalue weighted by Gasteiger charge is -2.14. The van der Waals surface area contributed by atoms with E-state index in [0.717, 1.165) is 12.1 Å². The first-order chi connectivity index (χ1) is 5.97. The third-order valence-corrected chi connectivity index (χ3v) is 1.55. The molecule has 13 heavy (non-hydrogen) atoms. The molecule has 0 bridgehead atoms. The van der Waals surface area contributed by atoms with Crippen LogP contribution in [0, 0.1) is 5.82 Å². The fourth-order valence-corrected chi connectivity index (χ4v) is 0.886. The number of hydrogen-bond donors (Lipinski definition) is 2. The fourth-order valence-electron chi connectivity index (χ4n) is 0.886. The first-order valence-electron chi connectivity index (χ1n) is 3.45. The molecule has 2 nitrogen and oxygen atoms in total. The summed E-state index contributed by atoms with van der Waals surface area (Å²) in [6.45, 7) is -1.47. The Labute approximate surface area is 72.2 Å². The largest absolute Gasteiger partial charge is 0.507 e. The van der Waals surface area contributed by atoms with Crippen molar-refractivity contribution in [1.82, 2.24) is 0 Å². The molecular weight excluding hydrogens is 185 g/mol. The highest BCUT2D eigenvalue weighted by Gasteiger charge is 2.33. The van der Waals surface area contributed by atoms with Crippen molar-refractivity contribution in [3.8, 4) is 5.75 Å². The van der Waals surface area contributed by atoms with Gasteiger partial charge in [-0.25, -0.2) is 4.39 Å². The van der Waals surface area contributed by atoms with Crippen molar-refractivity contribution >= 4 is 0 Å². The van der Waals surface area contributed by atoms with Crippen LogP contribution in [0.2, 0.25) is 0 Å². The van der Waals surface area contributed by atoms with Gasteiger partial charge in [0.2, 0.25) is 0 Å². The summed E-state index contributed by atoms with van der Waals surface area (Å²) in [5.41, 5.74) is -0.907. The van der Waals surface area contributed by atoms with Crippen LogP contribution in [0.5, 0.6) is 5.75 Å². The van der Waals surface area contributed by atoms with E-state index in [1.807, 2.05) is 0 Å². The molecule has 1 aromatic rings. The standard InChI is InChI=1S/C8H7F3O2/c9-5-1-2-7(13)6(3-5)8(10,11)4-12/h1-3,12-13H,4H2. The molecule has 72 valence electrons. The minimum absolute atomic E-state index is 0.492. The molecule has 0 amide bonds. The van der Waals surface area contributed by atoms with Crippen LogP contribution in [0.25, 0.3) is 0 Å². The number of hydrogen-bond acceptors (Lipinski definition) is 2. The quantitative estimate of drug-likeness (QED) is 0.747. The summed E-state index contributed by atoms with van der Waals surface area (Å²) < 4.78 is 38.0. The number of rotatable bonds is 2. The summed E-state index contributed by atoms with van der Waals surface area (Å²) in [5.74, 6) is -5.24. The number of alkyl halides is 2. The Morgan fingerprint density at radius 3 is 2.46 bits per heavy atom. The molecule has 0 saturated heterocycles. The van der Waals surface area contributed by atoms with Crippen LogP contribution in [0.4, 0.5) is 13.2 Å². The Morgan fingerprint density at radius 2 is 1.92 bits per heavy atom. The maximum atomic E-state index is 12.7. The zero-order valence-electron chi connectivity index (χ0n) is 6.47. The van der Waals surface area contributed by atoms with Gasteiger partial charge >= 0.3 is 0 Å². The van der Waals surface area contributed by atoms with Crippen LogP contribution in [0.3, 0.4) is 0 Å². The monoisotopic (exact) mass is 192 g/mol. The number of phenols is 1. The molecule has 1 rings (SSSR count). The van der Waals surface area contributed by atoms with E-state index in [1.54, 1.807) is 0 Å². The lowest BCUT2D eigenvalue weighted by atomic mass is 10.1. The van der Waals surface area contributed by atoms with Crippen LogP contribution in [-0.4, -0.2) is 16.8 Å². The van der Waals surface area contributed by atoms with Crippen LogP contribution in [0.1, 0.15) is 5.56 Å². The molecule has 0 saturated carbocycles. The zero-order chi connectivity index (χ0) is 10.1. The summed E-state index contributed by atoms with van der Waals surface area (Å²) in [5, 5.41) is 17.2. The van der Waals surface area contributed by atoms with Crippen molar-refractivity contribution in [3.05, 3.63) is 29.6 Å². The van der Waals surface area contributed by atoms with Crippen molar-refractivity contribution in [2.45, 2.75) is 5.92 Å². The van der Waals surface area contributed by atoms with E-state index in [9.17, 15) is 13.2 Å². The van der Waals surface area contributed by atoms with Gasteiger partial charge in [0.25, 0.3) is 5.92 Å². The topological polar surface area (TPSA) is 40.5 Å². The molecule has 0 spiro atoms. The number of aromatic hydroxyl groups is 1. The lowest BCUT2D eigenvalue weighted by Crippen LogP contribution is -2.18. The Morgan fingerprint density at radius 1 is 1.31 bits per heavy atom. The van der Waals surface area contributed by atoms with E-state index in [0.29, 0.717) is 6.07 Å². The predicted molar refractivity (Wildman–Crippen MR) is 39.0 cm³/mol. The number of aliphatic hydroxyl groups excluding tert-OH is 1. The molecule has 0 aliphatic heterocycles. The normalized spacial score (nSPS) is 11.7. The highest BCUT2D eigenvalue weighted by Crippen LogP contribution is 2.34. The second-order valence-corrected chi connectivity index (χ2v) is 2.52. The molecule has 0 aliphatic carbocycles. The van der Waals surface area contributed by atoms with Crippen molar-refractivity contribution in [2.75, 3.05) is 6.61 Å². The van der Waals surface area contributed by atoms with E-state index in [4.69, 9.17) is 10.2 Å². The molecular formula is C8H7F3O2. The molecule has 0 aromatic heterocycles. The minimum Gasteiger partial charge on any atom is -0.507 e. The maximum Gasteiger partial charge on any atom is 0.299 e. The van der Waals surface area contributed by atoms with Gasteiger partial charge in [0.1, 0.15) is 18.2 Å². The van der Waals surface area contributed by atoms with Gasteiger partial charge in [0.05, 0.1) is 5.56 Å². The maximum absolute atomic E-state index is 12.7. The van der Waals surface area contributed by atoms with Gasteiger partial charge in [0, 0.05) is 0 Å². The van der Waals surface area contributed by atoms with Gasteiger partial charge in [-0.1, -0.05) is 0 Å². The summed E-state index contributed by atoms with van der Waals surface area (Å²) in [6.07, 6.45) is 0. The first kappa shape index (κ1) is 9.85. The average molecular weight is 192 g/mol. The van der Waals surface area contributed by atoms with Crippen LogP contribution < -0.4 is 0 Å². The molecule has 0 radical (unpaired) electrons. The highest BCUT2D eigenvalue weighted by molar-refractivity contribution is 5.36. The molecule has 0 aliphatic rings. The number of halogens is 3. The Hall–Kier alpha value is -1.23.